The molecular weight excluding hydrogens is 713 g/mol. The summed E-state index contributed by atoms with van der Waals surface area (Å²) in [5, 5.41) is 0. The summed E-state index contributed by atoms with van der Waals surface area (Å²) in [7, 11) is 0. The Bertz CT molecular complexity index is 902. The van der Waals surface area contributed by atoms with Gasteiger partial charge in [0.2, 0.25) is 0 Å². The molecule has 0 atom stereocenters. The average Bonchev–Trinajstić information content (AvgIpc) is 3.63. The molecule has 0 saturated carbocycles. The van der Waals surface area contributed by atoms with Crippen molar-refractivity contribution in [3.63, 3.8) is 0 Å². The Kier molecular flexibility index (Phi) is 46.0. The van der Waals surface area contributed by atoms with Gasteiger partial charge in [0.1, 0.15) is 12.4 Å². The predicted molar refractivity (Wildman–Crippen MR) is 267 cm³/mol. The molecule has 1 aromatic rings. The molecule has 59 heavy (non-hydrogen) atoms. The highest BCUT2D eigenvalue weighted by atomic mass is 15.1. The average molecular weight is 827 g/mol. The molecule has 0 unspecified atom stereocenters. The molecular formula is C57H113N2+. The van der Waals surface area contributed by atoms with Gasteiger partial charge in [-0.15, -0.1) is 0 Å². The first-order chi connectivity index (χ1) is 29.3. The van der Waals surface area contributed by atoms with E-state index in [-0.39, 0.29) is 0 Å². The number of unbranched alkanes of at least 4 members (excludes halogenated alkanes) is 45. The van der Waals surface area contributed by atoms with Gasteiger partial charge >= 0.3 is 0 Å². The molecule has 0 N–H and O–H groups in total. The van der Waals surface area contributed by atoms with Gasteiger partial charge in [0.25, 0.3) is 5.82 Å². The van der Waals surface area contributed by atoms with Crippen molar-refractivity contribution in [2.75, 3.05) is 0 Å². The first kappa shape index (κ1) is 56.2. The maximum Gasteiger partial charge on any atom is 0.256 e. The number of hydrogen-bond donors (Lipinski definition) is 0. The second kappa shape index (κ2) is 48.2. The molecule has 0 spiro atoms. The molecule has 0 aromatic carbocycles. The minimum absolute atomic E-state index is 1.23. The molecule has 1 rings (SSSR count). The van der Waals surface area contributed by atoms with Crippen molar-refractivity contribution in [3.8, 4) is 0 Å². The predicted octanol–water partition coefficient (Wildman–Crippen LogP) is 20.1. The molecule has 2 heteroatoms. The fourth-order valence-electron chi connectivity index (χ4n) is 9.68. The molecule has 0 aliphatic heterocycles. The Hall–Kier alpha value is -0.790. The molecule has 0 bridgehead atoms. The maximum absolute atomic E-state index is 2.67. The molecule has 350 valence electrons. The first-order valence-corrected chi connectivity index (χ1v) is 28.4. The monoisotopic (exact) mass is 826 g/mol. The molecule has 0 fully saturated rings. The van der Waals surface area contributed by atoms with E-state index in [2.05, 4.69) is 42.3 Å². The smallest absolute Gasteiger partial charge is 0.234 e. The Morgan fingerprint density at radius 2 is 0.525 bits per heavy atom. The van der Waals surface area contributed by atoms with E-state index in [0.717, 1.165) is 0 Å². The van der Waals surface area contributed by atoms with Crippen molar-refractivity contribution in [2.45, 2.75) is 348 Å². The van der Waals surface area contributed by atoms with E-state index in [0.29, 0.717) is 0 Å². The number of imidazole rings is 1. The van der Waals surface area contributed by atoms with Crippen molar-refractivity contribution in [3.05, 3.63) is 18.2 Å². The lowest BCUT2D eigenvalue weighted by Gasteiger charge is -2.07. The second-order valence-electron chi connectivity index (χ2n) is 19.8. The van der Waals surface area contributed by atoms with Gasteiger partial charge in [-0.25, -0.2) is 9.13 Å². The molecule has 1 heterocycles. The second-order valence-corrected chi connectivity index (χ2v) is 19.8. The van der Waals surface area contributed by atoms with Crippen molar-refractivity contribution in [2.24, 2.45) is 0 Å². The number of hydrogen-bond acceptors (Lipinski definition) is 0. The minimum Gasteiger partial charge on any atom is -0.234 e. The molecule has 1 aromatic heterocycles. The Labute approximate surface area is 374 Å². The van der Waals surface area contributed by atoms with Crippen LogP contribution in [0.3, 0.4) is 0 Å². The van der Waals surface area contributed by atoms with E-state index in [1.165, 1.54) is 328 Å². The van der Waals surface area contributed by atoms with Crippen LogP contribution in [0.1, 0.15) is 335 Å². The summed E-state index contributed by atoms with van der Waals surface area (Å²) in [5.41, 5.74) is 0. The minimum atomic E-state index is 1.23. The van der Waals surface area contributed by atoms with Gasteiger partial charge in [-0.3, -0.25) is 0 Å². The number of nitrogens with zero attached hydrogens (tertiary/aromatic N) is 2. The van der Waals surface area contributed by atoms with E-state index >= 15 is 0 Å². The summed E-state index contributed by atoms with van der Waals surface area (Å²) in [6.45, 7) is 9.42. The largest absolute Gasteiger partial charge is 0.256 e. The van der Waals surface area contributed by atoms with E-state index in [1.807, 2.05) is 0 Å². The number of rotatable bonds is 51. The van der Waals surface area contributed by atoms with Gasteiger partial charge in [0.15, 0.2) is 0 Å². The topological polar surface area (TPSA) is 8.81 Å². The number of aryl methyl sites for hydroxylation is 2. The quantitative estimate of drug-likeness (QED) is 0.0457. The van der Waals surface area contributed by atoms with Crippen molar-refractivity contribution < 1.29 is 4.57 Å². The van der Waals surface area contributed by atoms with Crippen LogP contribution in [0.5, 0.6) is 0 Å². The van der Waals surface area contributed by atoms with Gasteiger partial charge in [-0.1, -0.05) is 297 Å². The molecule has 2 nitrogen and oxygen atoms in total. The Morgan fingerprint density at radius 1 is 0.288 bits per heavy atom. The maximum atomic E-state index is 2.67. The van der Waals surface area contributed by atoms with E-state index in [9.17, 15) is 0 Å². The van der Waals surface area contributed by atoms with Gasteiger partial charge in [0, 0.05) is 6.42 Å². The van der Waals surface area contributed by atoms with Crippen LogP contribution in [0.25, 0.3) is 0 Å². The zero-order valence-corrected chi connectivity index (χ0v) is 41.6. The summed E-state index contributed by atoms with van der Waals surface area (Å²) >= 11 is 0. The summed E-state index contributed by atoms with van der Waals surface area (Å²) in [4.78, 5) is 0. The lowest BCUT2D eigenvalue weighted by Crippen LogP contribution is -2.37. The van der Waals surface area contributed by atoms with E-state index in [4.69, 9.17) is 0 Å². The molecule has 0 saturated heterocycles. The third kappa shape index (κ3) is 39.8. The van der Waals surface area contributed by atoms with Crippen molar-refractivity contribution in [1.82, 2.24) is 4.57 Å². The van der Waals surface area contributed by atoms with Crippen LogP contribution in [-0.4, -0.2) is 4.57 Å². The van der Waals surface area contributed by atoms with Crippen LogP contribution in [-0.2, 0) is 19.5 Å². The normalized spacial score (nSPS) is 11.7. The molecule has 0 aliphatic carbocycles. The van der Waals surface area contributed by atoms with Gasteiger partial charge in [-0.05, 0) is 32.1 Å². The van der Waals surface area contributed by atoms with Gasteiger partial charge in [-0.2, -0.15) is 0 Å². The zero-order valence-electron chi connectivity index (χ0n) is 41.6. The van der Waals surface area contributed by atoms with Crippen LogP contribution < -0.4 is 4.57 Å². The number of aromatic nitrogens is 2. The van der Waals surface area contributed by atoms with Crippen LogP contribution in [0.4, 0.5) is 0 Å². The highest BCUT2D eigenvalue weighted by molar-refractivity contribution is 4.84. The SMILES string of the molecule is CCCCCCCCCCCCCCCCCCCc1n(CCCCCCCCCCCCCCCCCC)cc[n+]1CCCCCCCCCCCCCCCCC. The molecule has 0 amide bonds. The van der Waals surface area contributed by atoms with Crippen LogP contribution in [0, 0.1) is 0 Å². The zero-order chi connectivity index (χ0) is 42.2. The summed E-state index contributed by atoms with van der Waals surface area (Å²) < 4.78 is 5.34. The molecule has 0 aliphatic rings. The summed E-state index contributed by atoms with van der Waals surface area (Å²) in [5.74, 6) is 1.64. The van der Waals surface area contributed by atoms with Gasteiger partial charge in [0.05, 0.1) is 13.1 Å². The van der Waals surface area contributed by atoms with Crippen LogP contribution in [0.15, 0.2) is 12.4 Å². The highest BCUT2D eigenvalue weighted by Crippen LogP contribution is 2.18. The third-order valence-corrected chi connectivity index (χ3v) is 13.8. The highest BCUT2D eigenvalue weighted by Gasteiger charge is 2.16. The summed E-state index contributed by atoms with van der Waals surface area (Å²) in [6.07, 6.45) is 75.8. The van der Waals surface area contributed by atoms with E-state index < -0.39 is 0 Å². The fourth-order valence-corrected chi connectivity index (χ4v) is 9.68. The standard InChI is InChI=1S/C57H113N2/c1-4-7-10-13-16-19-22-25-28-30-31-34-37-40-43-46-49-52-57-58(53-50-47-44-41-38-35-32-27-24-21-18-15-12-9-6-3)55-56-59(57)54-51-48-45-42-39-36-33-29-26-23-20-17-14-11-8-5-2/h55-56H,4-54H2,1-3H3/q+1. The third-order valence-electron chi connectivity index (χ3n) is 13.8. The van der Waals surface area contributed by atoms with Crippen molar-refractivity contribution >= 4 is 0 Å². The van der Waals surface area contributed by atoms with E-state index in [1.54, 1.807) is 5.82 Å². The Morgan fingerprint density at radius 3 is 0.814 bits per heavy atom. The van der Waals surface area contributed by atoms with Crippen molar-refractivity contribution in [1.29, 1.82) is 0 Å². The van der Waals surface area contributed by atoms with Crippen LogP contribution >= 0.6 is 0 Å². The first-order valence-electron chi connectivity index (χ1n) is 28.4. The van der Waals surface area contributed by atoms with Gasteiger partial charge < -0.3 is 0 Å². The lowest BCUT2D eigenvalue weighted by molar-refractivity contribution is -0.704. The van der Waals surface area contributed by atoms with Crippen LogP contribution in [0.2, 0.25) is 0 Å². The Balaban J connectivity index is 2.24. The fraction of sp³-hybridized carbons (Fsp3) is 0.947. The summed E-state index contributed by atoms with van der Waals surface area (Å²) in [6, 6.07) is 0. The molecule has 0 radical (unpaired) electrons. The lowest BCUT2D eigenvalue weighted by atomic mass is 10.0.